The fourth-order valence-electron chi connectivity index (χ4n) is 2.15. The first kappa shape index (κ1) is 18.3. The molecular weight excluding hydrogens is 322 g/mol. The van der Waals surface area contributed by atoms with Crippen LogP contribution in [0.3, 0.4) is 0 Å². The fraction of sp³-hybridized carbons (Fsp3) is 0.263. The van der Waals surface area contributed by atoms with Crippen LogP contribution >= 0.6 is 0 Å². The number of methoxy groups -OCH3 is 1. The molecule has 6 heteroatoms. The molecule has 0 aliphatic heterocycles. The number of hydrogen-bond acceptors (Lipinski definition) is 5. The quantitative estimate of drug-likeness (QED) is 0.588. The van der Waals surface area contributed by atoms with Crippen LogP contribution < -0.4 is 14.8 Å². The van der Waals surface area contributed by atoms with Crippen LogP contribution in [0.25, 0.3) is 0 Å². The number of benzene rings is 2. The Morgan fingerprint density at radius 1 is 1.00 bits per heavy atom. The molecule has 0 aromatic heterocycles. The topological polar surface area (TPSA) is 73.9 Å². The van der Waals surface area contributed by atoms with Gasteiger partial charge in [0.05, 0.1) is 19.2 Å². The van der Waals surface area contributed by atoms with Crippen LogP contribution in [0.15, 0.2) is 48.5 Å². The average Bonchev–Trinajstić information content (AvgIpc) is 2.64. The van der Waals surface area contributed by atoms with Crippen LogP contribution in [0.4, 0.5) is 0 Å². The molecule has 2 rings (SSSR count). The van der Waals surface area contributed by atoms with Crippen LogP contribution in [0.1, 0.15) is 15.9 Å². The molecule has 0 aliphatic carbocycles. The number of carbonyl (C=O) groups excluding carboxylic acids is 2. The van der Waals surface area contributed by atoms with Gasteiger partial charge < -0.3 is 19.5 Å². The van der Waals surface area contributed by atoms with E-state index >= 15 is 0 Å². The van der Waals surface area contributed by atoms with Crippen LogP contribution in [-0.2, 0) is 9.53 Å². The van der Waals surface area contributed by atoms with Crippen molar-refractivity contribution in [1.29, 1.82) is 0 Å². The molecule has 0 aliphatic rings. The van der Waals surface area contributed by atoms with Crippen molar-refractivity contribution in [3.05, 3.63) is 59.7 Å². The van der Waals surface area contributed by atoms with Gasteiger partial charge in [0.2, 0.25) is 0 Å². The highest BCUT2D eigenvalue weighted by Crippen LogP contribution is 2.25. The molecule has 6 nitrogen and oxygen atoms in total. The van der Waals surface area contributed by atoms with Gasteiger partial charge in [-0.1, -0.05) is 30.3 Å². The predicted molar refractivity (Wildman–Crippen MR) is 93.0 cm³/mol. The first-order valence-electron chi connectivity index (χ1n) is 7.87. The summed E-state index contributed by atoms with van der Waals surface area (Å²) in [5.41, 5.74) is 1.26. The molecule has 0 unspecified atom stereocenters. The Labute approximate surface area is 146 Å². The number of para-hydroxylation sites is 2. The van der Waals surface area contributed by atoms with Crippen molar-refractivity contribution in [3.63, 3.8) is 0 Å². The predicted octanol–water partition coefficient (Wildman–Crippen LogP) is 2.36. The Morgan fingerprint density at radius 2 is 1.68 bits per heavy atom. The molecule has 1 N–H and O–H groups in total. The van der Waals surface area contributed by atoms with E-state index in [0.29, 0.717) is 23.6 Å². The van der Waals surface area contributed by atoms with Crippen LogP contribution in [0.5, 0.6) is 11.5 Å². The average molecular weight is 343 g/mol. The third-order valence-corrected chi connectivity index (χ3v) is 3.45. The molecule has 25 heavy (non-hydrogen) atoms. The lowest BCUT2D eigenvalue weighted by molar-refractivity contribution is -0.124. The Morgan fingerprint density at radius 3 is 2.40 bits per heavy atom. The maximum atomic E-state index is 11.9. The standard InChI is InChI=1S/C19H21NO5/c1-14-7-3-4-8-15(14)19(22)25-13-18(21)20-11-12-24-17-10-6-5-9-16(17)23-2/h3-10H,11-13H2,1-2H3,(H,20,21). The molecule has 0 spiro atoms. The molecule has 0 radical (unpaired) electrons. The SMILES string of the molecule is COc1ccccc1OCCNC(=O)COC(=O)c1ccccc1C. The second kappa shape index (κ2) is 9.32. The van der Waals surface area contributed by atoms with Crippen molar-refractivity contribution in [2.75, 3.05) is 26.9 Å². The highest BCUT2D eigenvalue weighted by molar-refractivity contribution is 5.92. The summed E-state index contributed by atoms with van der Waals surface area (Å²) in [6.45, 7) is 2.05. The summed E-state index contributed by atoms with van der Waals surface area (Å²) < 4.78 is 15.7. The summed E-state index contributed by atoms with van der Waals surface area (Å²) in [6.07, 6.45) is 0. The third kappa shape index (κ3) is 5.53. The zero-order chi connectivity index (χ0) is 18.1. The lowest BCUT2D eigenvalue weighted by atomic mass is 10.1. The summed E-state index contributed by atoms with van der Waals surface area (Å²) in [4.78, 5) is 23.6. The van der Waals surface area contributed by atoms with Gasteiger partial charge >= 0.3 is 5.97 Å². The molecule has 0 heterocycles. The first-order valence-corrected chi connectivity index (χ1v) is 7.87. The van der Waals surface area contributed by atoms with E-state index in [1.807, 2.05) is 31.2 Å². The number of ether oxygens (including phenoxy) is 3. The number of aryl methyl sites for hydroxylation is 1. The first-order chi connectivity index (χ1) is 12.1. The zero-order valence-electron chi connectivity index (χ0n) is 14.3. The maximum Gasteiger partial charge on any atom is 0.338 e. The van der Waals surface area contributed by atoms with Gasteiger partial charge in [-0.2, -0.15) is 0 Å². The summed E-state index contributed by atoms with van der Waals surface area (Å²) >= 11 is 0. The molecule has 0 saturated carbocycles. The number of esters is 1. The lowest BCUT2D eigenvalue weighted by Gasteiger charge is -2.11. The van der Waals surface area contributed by atoms with E-state index in [-0.39, 0.29) is 19.1 Å². The van der Waals surface area contributed by atoms with Crippen LogP contribution in [0.2, 0.25) is 0 Å². The maximum absolute atomic E-state index is 11.9. The second-order valence-corrected chi connectivity index (χ2v) is 5.24. The van der Waals surface area contributed by atoms with Crippen molar-refractivity contribution in [2.24, 2.45) is 0 Å². The van der Waals surface area contributed by atoms with Gasteiger partial charge in [0.15, 0.2) is 18.1 Å². The van der Waals surface area contributed by atoms with Crippen molar-refractivity contribution in [2.45, 2.75) is 6.92 Å². The van der Waals surface area contributed by atoms with E-state index < -0.39 is 5.97 Å². The van der Waals surface area contributed by atoms with Gasteiger partial charge in [-0.25, -0.2) is 4.79 Å². The summed E-state index contributed by atoms with van der Waals surface area (Å²) in [6, 6.07) is 14.3. The number of amides is 1. The molecule has 2 aromatic rings. The molecule has 0 saturated heterocycles. The van der Waals surface area contributed by atoms with Crippen LogP contribution in [0, 0.1) is 6.92 Å². The van der Waals surface area contributed by atoms with Crippen molar-refractivity contribution >= 4 is 11.9 Å². The second-order valence-electron chi connectivity index (χ2n) is 5.24. The molecular formula is C19H21NO5. The number of hydrogen-bond donors (Lipinski definition) is 1. The van der Waals surface area contributed by atoms with Crippen molar-refractivity contribution in [1.82, 2.24) is 5.32 Å². The van der Waals surface area contributed by atoms with E-state index in [2.05, 4.69) is 5.32 Å². The van der Waals surface area contributed by atoms with E-state index in [4.69, 9.17) is 14.2 Å². The Hall–Kier alpha value is -3.02. The summed E-state index contributed by atoms with van der Waals surface area (Å²) in [5.74, 6) is 0.329. The van der Waals surface area contributed by atoms with Gasteiger partial charge in [-0.15, -0.1) is 0 Å². The minimum atomic E-state index is -0.515. The summed E-state index contributed by atoms with van der Waals surface area (Å²) in [5, 5.41) is 2.63. The molecule has 0 bridgehead atoms. The fourth-order valence-corrected chi connectivity index (χ4v) is 2.15. The number of rotatable bonds is 8. The Balaban J connectivity index is 1.69. The molecule has 0 fully saturated rings. The molecule has 0 atom stereocenters. The normalized spacial score (nSPS) is 10.0. The number of nitrogens with one attached hydrogen (secondary N) is 1. The largest absolute Gasteiger partial charge is 0.493 e. The van der Waals surface area contributed by atoms with Gasteiger partial charge in [0, 0.05) is 0 Å². The molecule has 1 amide bonds. The lowest BCUT2D eigenvalue weighted by Crippen LogP contribution is -2.32. The van der Waals surface area contributed by atoms with Gasteiger partial charge in [-0.05, 0) is 30.7 Å². The van der Waals surface area contributed by atoms with Gasteiger partial charge in [0.25, 0.3) is 5.91 Å². The van der Waals surface area contributed by atoms with E-state index in [0.717, 1.165) is 5.56 Å². The van der Waals surface area contributed by atoms with Crippen molar-refractivity contribution in [3.8, 4) is 11.5 Å². The van der Waals surface area contributed by atoms with Crippen molar-refractivity contribution < 1.29 is 23.8 Å². The van der Waals surface area contributed by atoms with Crippen LogP contribution in [-0.4, -0.2) is 38.7 Å². The minimum Gasteiger partial charge on any atom is -0.493 e. The molecule has 2 aromatic carbocycles. The third-order valence-electron chi connectivity index (χ3n) is 3.45. The van der Waals surface area contributed by atoms with E-state index in [9.17, 15) is 9.59 Å². The highest BCUT2D eigenvalue weighted by atomic mass is 16.5. The highest BCUT2D eigenvalue weighted by Gasteiger charge is 2.12. The smallest absolute Gasteiger partial charge is 0.338 e. The zero-order valence-corrected chi connectivity index (χ0v) is 14.3. The minimum absolute atomic E-state index is 0.276. The Bertz CT molecular complexity index is 729. The number of carbonyl (C=O) groups is 2. The monoisotopic (exact) mass is 343 g/mol. The molecule has 132 valence electrons. The van der Waals surface area contributed by atoms with E-state index in [1.165, 1.54) is 0 Å². The Kier molecular flexibility index (Phi) is 6.83. The van der Waals surface area contributed by atoms with Gasteiger partial charge in [0.1, 0.15) is 6.61 Å². The summed E-state index contributed by atoms with van der Waals surface area (Å²) in [7, 11) is 1.56. The van der Waals surface area contributed by atoms with E-state index in [1.54, 1.807) is 31.4 Å². The van der Waals surface area contributed by atoms with Gasteiger partial charge in [-0.3, -0.25) is 4.79 Å².